The molecule has 0 atom stereocenters. The standard InChI is InChI=1S/C27H22N2O3/c28-16-15-26(30)20-10-2-1-8-19(20)9-7-17-29-27(31)32-18-25-23-13-5-3-11-21(23)22-12-4-6-14-24(22)25/h1-14,25H,15,17-18H2,(H,29,31). The molecular formula is C27H22N2O3. The highest BCUT2D eigenvalue weighted by Gasteiger charge is 2.28. The second-order valence-electron chi connectivity index (χ2n) is 7.45. The van der Waals surface area contributed by atoms with Crippen molar-refractivity contribution >= 4 is 18.0 Å². The van der Waals surface area contributed by atoms with E-state index >= 15 is 0 Å². The molecule has 3 aromatic rings. The molecule has 1 amide bonds. The number of Topliss-reactive ketones (excluding diaryl/α,β-unsaturated/α-hetero) is 1. The Bertz CT molecular complexity index is 1180. The molecule has 0 radical (unpaired) electrons. The third kappa shape index (κ3) is 4.45. The zero-order valence-corrected chi connectivity index (χ0v) is 17.5. The largest absolute Gasteiger partial charge is 0.449 e. The van der Waals surface area contributed by atoms with Crippen molar-refractivity contribution in [2.75, 3.05) is 13.2 Å². The number of ether oxygens (including phenoxy) is 1. The van der Waals surface area contributed by atoms with Crippen LogP contribution >= 0.6 is 0 Å². The first-order chi connectivity index (χ1) is 15.7. The van der Waals surface area contributed by atoms with Crippen molar-refractivity contribution < 1.29 is 14.3 Å². The fourth-order valence-corrected chi connectivity index (χ4v) is 4.04. The first-order valence-corrected chi connectivity index (χ1v) is 10.4. The monoisotopic (exact) mass is 422 g/mol. The van der Waals surface area contributed by atoms with Gasteiger partial charge in [-0.15, -0.1) is 0 Å². The van der Waals surface area contributed by atoms with Crippen LogP contribution in [-0.2, 0) is 4.74 Å². The summed E-state index contributed by atoms with van der Waals surface area (Å²) in [5.41, 5.74) is 5.91. The number of amides is 1. The molecule has 0 saturated carbocycles. The van der Waals surface area contributed by atoms with E-state index in [4.69, 9.17) is 10.00 Å². The van der Waals surface area contributed by atoms with Gasteiger partial charge in [-0.3, -0.25) is 4.79 Å². The van der Waals surface area contributed by atoms with Gasteiger partial charge >= 0.3 is 6.09 Å². The van der Waals surface area contributed by atoms with E-state index < -0.39 is 6.09 Å². The molecule has 158 valence electrons. The Labute approximate surface area is 187 Å². The van der Waals surface area contributed by atoms with Crippen LogP contribution < -0.4 is 5.32 Å². The van der Waals surface area contributed by atoms with E-state index in [9.17, 15) is 9.59 Å². The third-order valence-corrected chi connectivity index (χ3v) is 5.51. The molecule has 0 bridgehead atoms. The second kappa shape index (κ2) is 9.76. The minimum atomic E-state index is -0.495. The number of nitriles is 1. The van der Waals surface area contributed by atoms with E-state index in [1.54, 1.807) is 30.4 Å². The number of hydrogen-bond acceptors (Lipinski definition) is 4. The van der Waals surface area contributed by atoms with Crippen LogP contribution in [0.2, 0.25) is 0 Å². The number of carbonyl (C=O) groups excluding carboxylic acids is 2. The Kier molecular flexibility index (Phi) is 6.43. The van der Waals surface area contributed by atoms with Gasteiger partial charge < -0.3 is 10.1 Å². The van der Waals surface area contributed by atoms with Crippen molar-refractivity contribution in [1.82, 2.24) is 5.32 Å². The fraction of sp³-hybridized carbons (Fsp3) is 0.148. The van der Waals surface area contributed by atoms with Crippen LogP contribution in [0.3, 0.4) is 0 Å². The number of hydrogen-bond donors (Lipinski definition) is 1. The lowest BCUT2D eigenvalue weighted by molar-refractivity contribution is 0.0997. The minimum absolute atomic E-state index is 0.0155. The third-order valence-electron chi connectivity index (χ3n) is 5.51. The van der Waals surface area contributed by atoms with Gasteiger partial charge in [0.25, 0.3) is 0 Å². The zero-order valence-electron chi connectivity index (χ0n) is 17.5. The maximum Gasteiger partial charge on any atom is 0.407 e. The lowest BCUT2D eigenvalue weighted by atomic mass is 9.98. The molecule has 1 aliphatic rings. The van der Waals surface area contributed by atoms with Crippen LogP contribution in [0.4, 0.5) is 4.79 Å². The summed E-state index contributed by atoms with van der Waals surface area (Å²) in [6.07, 6.45) is 2.85. The van der Waals surface area contributed by atoms with E-state index in [1.807, 2.05) is 36.4 Å². The maximum absolute atomic E-state index is 12.2. The molecule has 0 unspecified atom stereocenters. The van der Waals surface area contributed by atoms with Crippen LogP contribution in [0, 0.1) is 11.3 Å². The van der Waals surface area contributed by atoms with Crippen LogP contribution in [0.1, 0.15) is 39.4 Å². The highest BCUT2D eigenvalue weighted by Crippen LogP contribution is 2.44. The maximum atomic E-state index is 12.2. The average molecular weight is 422 g/mol. The predicted molar refractivity (Wildman–Crippen MR) is 123 cm³/mol. The van der Waals surface area contributed by atoms with Crippen molar-refractivity contribution in [3.63, 3.8) is 0 Å². The van der Waals surface area contributed by atoms with Crippen molar-refractivity contribution in [2.45, 2.75) is 12.3 Å². The van der Waals surface area contributed by atoms with Gasteiger partial charge in [-0.2, -0.15) is 5.26 Å². The topological polar surface area (TPSA) is 79.2 Å². The van der Waals surface area contributed by atoms with Crippen LogP contribution in [0.15, 0.2) is 78.9 Å². The van der Waals surface area contributed by atoms with Gasteiger partial charge in [0.15, 0.2) is 5.78 Å². The molecule has 0 aliphatic heterocycles. The number of nitrogens with zero attached hydrogens (tertiary/aromatic N) is 1. The SMILES string of the molecule is N#CCC(=O)c1ccccc1C=CCNC(=O)OCC1c2ccccc2-c2ccccc21. The molecule has 1 N–H and O–H groups in total. The van der Waals surface area contributed by atoms with Gasteiger partial charge in [-0.05, 0) is 27.8 Å². The molecular weight excluding hydrogens is 400 g/mol. The summed E-state index contributed by atoms with van der Waals surface area (Å²) >= 11 is 0. The Morgan fingerprint density at radius 2 is 1.56 bits per heavy atom. The van der Waals surface area contributed by atoms with E-state index in [0.29, 0.717) is 11.1 Å². The van der Waals surface area contributed by atoms with E-state index in [-0.39, 0.29) is 31.3 Å². The molecule has 0 fully saturated rings. The number of ketones is 1. The molecule has 5 heteroatoms. The van der Waals surface area contributed by atoms with Crippen LogP contribution in [0.25, 0.3) is 17.2 Å². The number of fused-ring (bicyclic) bond motifs is 3. The molecule has 3 aromatic carbocycles. The van der Waals surface area contributed by atoms with E-state index in [1.165, 1.54) is 22.3 Å². The van der Waals surface area contributed by atoms with Gasteiger partial charge in [-0.25, -0.2) is 4.79 Å². The van der Waals surface area contributed by atoms with Crippen LogP contribution in [-0.4, -0.2) is 25.0 Å². The number of alkyl carbamates (subject to hydrolysis) is 1. The summed E-state index contributed by atoms with van der Waals surface area (Å²) in [4.78, 5) is 24.3. The average Bonchev–Trinajstić information content (AvgIpc) is 3.15. The summed E-state index contributed by atoms with van der Waals surface area (Å²) in [6, 6.07) is 25.3. The summed E-state index contributed by atoms with van der Waals surface area (Å²) in [5, 5.41) is 11.5. The highest BCUT2D eigenvalue weighted by molar-refractivity contribution is 6.00. The lowest BCUT2D eigenvalue weighted by Gasteiger charge is -2.14. The first-order valence-electron chi connectivity index (χ1n) is 10.4. The van der Waals surface area contributed by atoms with Crippen molar-refractivity contribution in [3.05, 3.63) is 101 Å². The summed E-state index contributed by atoms with van der Waals surface area (Å²) in [5.74, 6) is -0.209. The molecule has 1 aliphatic carbocycles. The summed E-state index contributed by atoms with van der Waals surface area (Å²) in [7, 11) is 0. The molecule has 32 heavy (non-hydrogen) atoms. The Morgan fingerprint density at radius 1 is 0.938 bits per heavy atom. The van der Waals surface area contributed by atoms with Gasteiger partial charge in [0.1, 0.15) is 6.61 Å². The van der Waals surface area contributed by atoms with E-state index in [0.717, 1.165) is 0 Å². The molecule has 0 saturated heterocycles. The fourth-order valence-electron chi connectivity index (χ4n) is 4.04. The lowest BCUT2D eigenvalue weighted by Crippen LogP contribution is -2.26. The zero-order chi connectivity index (χ0) is 22.3. The van der Waals surface area contributed by atoms with Gasteiger partial charge in [0, 0.05) is 18.0 Å². The van der Waals surface area contributed by atoms with Gasteiger partial charge in [-0.1, -0.05) is 84.9 Å². The predicted octanol–water partition coefficient (Wildman–Crippen LogP) is 5.33. The summed E-state index contributed by atoms with van der Waals surface area (Å²) in [6.45, 7) is 0.520. The van der Waals surface area contributed by atoms with E-state index in [2.05, 4.69) is 29.6 Å². The van der Waals surface area contributed by atoms with Crippen molar-refractivity contribution in [2.24, 2.45) is 0 Å². The van der Waals surface area contributed by atoms with Gasteiger partial charge in [0.2, 0.25) is 0 Å². The molecule has 4 rings (SSSR count). The highest BCUT2D eigenvalue weighted by atomic mass is 16.5. The second-order valence-corrected chi connectivity index (χ2v) is 7.45. The Morgan fingerprint density at radius 3 is 2.25 bits per heavy atom. The molecule has 5 nitrogen and oxygen atoms in total. The van der Waals surface area contributed by atoms with Crippen molar-refractivity contribution in [1.29, 1.82) is 5.26 Å². The quantitative estimate of drug-likeness (QED) is 0.522. The Balaban J connectivity index is 1.34. The number of benzene rings is 3. The van der Waals surface area contributed by atoms with Gasteiger partial charge in [0.05, 0.1) is 12.5 Å². The Hall–Kier alpha value is -4.17. The smallest absolute Gasteiger partial charge is 0.407 e. The van der Waals surface area contributed by atoms with Crippen molar-refractivity contribution in [3.8, 4) is 17.2 Å². The number of rotatable bonds is 7. The minimum Gasteiger partial charge on any atom is -0.449 e. The molecule has 0 aromatic heterocycles. The first kappa shape index (κ1) is 21.1. The molecule has 0 heterocycles. The summed E-state index contributed by atoms with van der Waals surface area (Å²) < 4.78 is 5.51. The van der Waals surface area contributed by atoms with Crippen LogP contribution in [0.5, 0.6) is 0 Å². The number of carbonyl (C=O) groups is 2. The molecule has 0 spiro atoms. The number of nitrogens with one attached hydrogen (secondary N) is 1. The normalized spacial score (nSPS) is 12.1.